The summed E-state index contributed by atoms with van der Waals surface area (Å²) < 4.78 is 49.2. The first-order valence-electron chi connectivity index (χ1n) is 11.4. The molecule has 0 saturated heterocycles. The van der Waals surface area contributed by atoms with E-state index in [1.807, 2.05) is 0 Å². The molecule has 10 heteroatoms. The average molecular weight is 483 g/mol. The van der Waals surface area contributed by atoms with Crippen LogP contribution in [0.3, 0.4) is 0 Å². The van der Waals surface area contributed by atoms with Gasteiger partial charge in [0.15, 0.2) is 11.6 Å². The SMILES string of the molecule is CC1Oc2cc(cnc2N)C(=NCC2CC2)C(=CN)Cc2cc(C(F)F)nn2-c2ccc(F)cc21. The Kier molecular flexibility index (Phi) is 5.96. The van der Waals surface area contributed by atoms with Crippen LogP contribution >= 0.6 is 0 Å². The van der Waals surface area contributed by atoms with Crippen molar-refractivity contribution in [2.75, 3.05) is 12.3 Å². The highest BCUT2D eigenvalue weighted by atomic mass is 19.3. The molecule has 2 aliphatic rings. The number of aliphatic imine (C=N–C) groups is 1. The number of benzene rings is 1. The minimum Gasteiger partial charge on any atom is -0.482 e. The molecule has 1 aliphatic heterocycles. The number of nitrogens with zero attached hydrogens (tertiary/aromatic N) is 4. The van der Waals surface area contributed by atoms with Crippen LogP contribution in [0.2, 0.25) is 0 Å². The van der Waals surface area contributed by atoms with Gasteiger partial charge in [0.25, 0.3) is 6.43 Å². The molecule has 1 fully saturated rings. The lowest BCUT2D eigenvalue weighted by Gasteiger charge is -2.22. The lowest BCUT2D eigenvalue weighted by Crippen LogP contribution is -2.17. The van der Waals surface area contributed by atoms with Gasteiger partial charge in [0.05, 0.1) is 11.4 Å². The van der Waals surface area contributed by atoms with E-state index in [4.69, 9.17) is 21.2 Å². The summed E-state index contributed by atoms with van der Waals surface area (Å²) in [4.78, 5) is 9.11. The van der Waals surface area contributed by atoms with Crippen LogP contribution in [-0.2, 0) is 6.42 Å². The van der Waals surface area contributed by atoms with Crippen molar-refractivity contribution in [3.8, 4) is 11.4 Å². The fourth-order valence-electron chi connectivity index (χ4n) is 4.17. The van der Waals surface area contributed by atoms with E-state index in [1.54, 1.807) is 19.2 Å². The quantitative estimate of drug-likeness (QED) is 0.565. The lowest BCUT2D eigenvalue weighted by molar-refractivity contribution is 0.145. The van der Waals surface area contributed by atoms with Gasteiger partial charge in [-0.1, -0.05) is 0 Å². The van der Waals surface area contributed by atoms with Crippen LogP contribution in [0.15, 0.2) is 53.3 Å². The molecule has 5 rings (SSSR count). The van der Waals surface area contributed by atoms with Crippen molar-refractivity contribution in [3.05, 3.63) is 76.6 Å². The molecule has 1 unspecified atom stereocenters. The summed E-state index contributed by atoms with van der Waals surface area (Å²) in [6.07, 6.45) is 1.93. The highest BCUT2D eigenvalue weighted by molar-refractivity contribution is 6.13. The molecule has 4 N–H and O–H groups in total. The number of pyridine rings is 1. The average Bonchev–Trinajstić information content (AvgIpc) is 3.56. The van der Waals surface area contributed by atoms with Crippen LogP contribution in [0.1, 0.15) is 54.8 Å². The second-order valence-electron chi connectivity index (χ2n) is 8.84. The van der Waals surface area contributed by atoms with E-state index in [1.165, 1.54) is 35.1 Å². The third-order valence-electron chi connectivity index (χ3n) is 6.22. The minimum absolute atomic E-state index is 0.162. The van der Waals surface area contributed by atoms with Gasteiger partial charge in [0.2, 0.25) is 0 Å². The number of nitrogen functional groups attached to an aromatic ring is 1. The molecule has 1 saturated carbocycles. The number of nitrogens with two attached hydrogens (primary N) is 2. The first-order chi connectivity index (χ1) is 16.8. The maximum Gasteiger partial charge on any atom is 0.282 e. The zero-order valence-corrected chi connectivity index (χ0v) is 19.1. The molecular formula is C25H25F3N6O. The third kappa shape index (κ3) is 4.60. The first-order valence-corrected chi connectivity index (χ1v) is 11.4. The normalized spacial score (nSPS) is 20.2. The van der Waals surface area contributed by atoms with Crippen LogP contribution in [0, 0.1) is 11.7 Å². The summed E-state index contributed by atoms with van der Waals surface area (Å²) in [6.45, 7) is 2.34. The standard InChI is InChI=1S/C25H25F3N6O/c1-13-19-8-17(26)4-5-21(19)34-18(9-20(33-34)24(27)28)6-15(10-29)23(31-11-14-2-3-14)16-7-22(35-13)25(30)32-12-16/h4-5,7-10,12-14,24H,2-3,6,11,29H2,1H3,(H2,30,32). The third-order valence-corrected chi connectivity index (χ3v) is 6.22. The summed E-state index contributed by atoms with van der Waals surface area (Å²) in [7, 11) is 0. The van der Waals surface area contributed by atoms with Crippen molar-refractivity contribution in [2.24, 2.45) is 16.6 Å². The number of allylic oxidation sites excluding steroid dienone is 1. The lowest BCUT2D eigenvalue weighted by atomic mass is 9.99. The maximum absolute atomic E-state index is 14.3. The van der Waals surface area contributed by atoms with Gasteiger partial charge in [-0.25, -0.2) is 22.8 Å². The van der Waals surface area contributed by atoms with Crippen LogP contribution < -0.4 is 16.2 Å². The number of rotatable bonds is 3. The van der Waals surface area contributed by atoms with Gasteiger partial charge in [-0.15, -0.1) is 0 Å². The van der Waals surface area contributed by atoms with Gasteiger partial charge >= 0.3 is 0 Å². The molecule has 35 heavy (non-hydrogen) atoms. The molecular weight excluding hydrogens is 457 g/mol. The highest BCUT2D eigenvalue weighted by Gasteiger charge is 2.26. The Morgan fingerprint density at radius 1 is 1.26 bits per heavy atom. The van der Waals surface area contributed by atoms with Crippen LogP contribution in [0.25, 0.3) is 5.69 Å². The Bertz CT molecular complexity index is 1330. The number of hydrogen-bond donors (Lipinski definition) is 2. The number of alkyl halides is 2. The summed E-state index contributed by atoms with van der Waals surface area (Å²) in [6, 6.07) is 7.12. The van der Waals surface area contributed by atoms with E-state index < -0.39 is 24.0 Å². The summed E-state index contributed by atoms with van der Waals surface area (Å²) in [5, 5.41) is 4.15. The Labute approximate surface area is 200 Å². The Morgan fingerprint density at radius 2 is 2.06 bits per heavy atom. The summed E-state index contributed by atoms with van der Waals surface area (Å²) in [5.74, 6) is 0.481. The van der Waals surface area contributed by atoms with E-state index >= 15 is 0 Å². The molecule has 1 aromatic carbocycles. The second-order valence-corrected chi connectivity index (χ2v) is 8.84. The number of ether oxygens (including phenoxy) is 1. The Hall–Kier alpha value is -3.82. The Balaban J connectivity index is 1.74. The number of aromatic nitrogens is 3. The molecule has 3 heterocycles. The smallest absolute Gasteiger partial charge is 0.282 e. The molecule has 0 radical (unpaired) electrons. The molecule has 0 amide bonds. The summed E-state index contributed by atoms with van der Waals surface area (Å²) >= 11 is 0. The van der Waals surface area contributed by atoms with E-state index in [2.05, 4.69) is 10.1 Å². The first kappa shape index (κ1) is 22.9. The molecule has 1 aliphatic carbocycles. The van der Waals surface area contributed by atoms with E-state index in [0.717, 1.165) is 12.8 Å². The minimum atomic E-state index is -2.78. The Morgan fingerprint density at radius 3 is 2.77 bits per heavy atom. The number of anilines is 1. The molecule has 2 bridgehead atoms. The van der Waals surface area contributed by atoms with Gasteiger partial charge in [-0.05, 0) is 67.8 Å². The topological polar surface area (TPSA) is 104 Å². The molecule has 7 nitrogen and oxygen atoms in total. The second kappa shape index (κ2) is 9.09. The van der Waals surface area contributed by atoms with Crippen molar-refractivity contribution in [1.82, 2.24) is 14.8 Å². The van der Waals surface area contributed by atoms with Crippen molar-refractivity contribution < 1.29 is 17.9 Å². The monoisotopic (exact) mass is 482 g/mol. The van der Waals surface area contributed by atoms with Crippen LogP contribution in [-0.4, -0.2) is 27.0 Å². The maximum atomic E-state index is 14.3. The largest absolute Gasteiger partial charge is 0.482 e. The number of fused-ring (bicyclic) bond motifs is 5. The fraction of sp³-hybridized carbons (Fsp3) is 0.320. The molecule has 1 atom stereocenters. The van der Waals surface area contributed by atoms with Gasteiger partial charge in [0, 0.05) is 36.0 Å². The predicted molar refractivity (Wildman–Crippen MR) is 126 cm³/mol. The van der Waals surface area contributed by atoms with Crippen LogP contribution in [0.5, 0.6) is 5.75 Å². The van der Waals surface area contributed by atoms with Crippen molar-refractivity contribution in [2.45, 2.75) is 38.7 Å². The van der Waals surface area contributed by atoms with Crippen molar-refractivity contribution in [3.63, 3.8) is 0 Å². The van der Waals surface area contributed by atoms with Gasteiger partial charge in [0.1, 0.15) is 17.6 Å². The predicted octanol–water partition coefficient (Wildman–Crippen LogP) is 4.66. The van der Waals surface area contributed by atoms with E-state index in [0.29, 0.717) is 52.0 Å². The van der Waals surface area contributed by atoms with Crippen molar-refractivity contribution in [1.29, 1.82) is 0 Å². The van der Waals surface area contributed by atoms with Crippen molar-refractivity contribution >= 4 is 11.5 Å². The molecule has 0 spiro atoms. The molecule has 2 aromatic heterocycles. The van der Waals surface area contributed by atoms with E-state index in [-0.39, 0.29) is 12.2 Å². The van der Waals surface area contributed by atoms with Crippen LogP contribution in [0.4, 0.5) is 19.0 Å². The number of hydrogen-bond acceptors (Lipinski definition) is 6. The van der Waals surface area contributed by atoms with Gasteiger partial charge < -0.3 is 16.2 Å². The zero-order chi connectivity index (χ0) is 24.7. The van der Waals surface area contributed by atoms with Gasteiger partial charge in [-0.2, -0.15) is 5.10 Å². The van der Waals surface area contributed by atoms with E-state index in [9.17, 15) is 13.2 Å². The number of halogens is 3. The summed E-state index contributed by atoms with van der Waals surface area (Å²) in [5.41, 5.74) is 14.9. The molecule has 182 valence electrons. The fourth-order valence-corrected chi connectivity index (χ4v) is 4.17. The highest BCUT2D eigenvalue weighted by Crippen LogP contribution is 2.34. The zero-order valence-electron chi connectivity index (χ0n) is 19.1. The molecule has 3 aromatic rings. The van der Waals surface area contributed by atoms with Gasteiger partial charge in [-0.3, -0.25) is 4.99 Å².